The first kappa shape index (κ1) is 24.1. The Morgan fingerprint density at radius 3 is 2.19 bits per heavy atom. The van der Waals surface area contributed by atoms with Crippen molar-refractivity contribution < 1.29 is 27.6 Å². The van der Waals surface area contributed by atoms with Gasteiger partial charge in [-0.25, -0.2) is 13.4 Å². The summed E-state index contributed by atoms with van der Waals surface area (Å²) >= 11 is 0. The Bertz CT molecular complexity index is 906. The molecule has 2 rings (SSSR count). The molecule has 0 aliphatic rings. The topological polar surface area (TPSA) is 52.6 Å². The molecule has 0 saturated carbocycles. The van der Waals surface area contributed by atoms with Gasteiger partial charge in [0.1, 0.15) is 11.5 Å². The van der Waals surface area contributed by atoms with E-state index >= 15 is 0 Å². The van der Waals surface area contributed by atoms with Gasteiger partial charge in [0.25, 0.3) is 0 Å². The molecule has 0 spiro atoms. The van der Waals surface area contributed by atoms with Crippen LogP contribution >= 0.6 is 0 Å². The van der Waals surface area contributed by atoms with Gasteiger partial charge < -0.3 is 9.39 Å². The summed E-state index contributed by atoms with van der Waals surface area (Å²) < 4.78 is 35.4. The average molecular weight is 426 g/mol. The molecule has 0 heterocycles. The van der Waals surface area contributed by atoms with E-state index in [0.29, 0.717) is 5.56 Å². The van der Waals surface area contributed by atoms with Gasteiger partial charge in [-0.05, 0) is 42.7 Å². The Morgan fingerprint density at radius 2 is 1.61 bits per heavy atom. The Hall–Kier alpha value is -3.22. The average Bonchev–Trinajstić information content (AvgIpc) is 2.76. The molecule has 2 aromatic carbocycles. The lowest BCUT2D eigenvalue weighted by molar-refractivity contribution is -0.128. The first-order valence-corrected chi connectivity index (χ1v) is 10.2. The van der Waals surface area contributed by atoms with E-state index in [1.54, 1.807) is 12.1 Å². The summed E-state index contributed by atoms with van der Waals surface area (Å²) in [6.45, 7) is 5.46. The number of carbonyl (C=O) groups excluding carboxylic acids is 2. The molecule has 0 saturated heterocycles. The fourth-order valence-electron chi connectivity index (χ4n) is 2.92. The summed E-state index contributed by atoms with van der Waals surface area (Å²) in [6.07, 6.45) is 7.54. The number of halogens is 2. The minimum atomic E-state index is -3.06. The molecule has 0 radical (unpaired) electrons. The second kappa shape index (κ2) is 12.5. The Morgan fingerprint density at radius 1 is 0.968 bits per heavy atom. The Balaban J connectivity index is 2.14. The van der Waals surface area contributed by atoms with Crippen LogP contribution in [0.3, 0.4) is 0 Å². The summed E-state index contributed by atoms with van der Waals surface area (Å²) in [5, 5.41) is 0. The van der Waals surface area contributed by atoms with E-state index in [-0.39, 0.29) is 17.1 Å². The van der Waals surface area contributed by atoms with Crippen LogP contribution in [0, 0.1) is 0 Å². The number of allylic oxidation sites excluding steroid dienone is 1. The number of hydrogen-bond donors (Lipinski definition) is 0. The molecule has 0 N–H and O–H groups in total. The molecular weight excluding hydrogens is 401 g/mol. The van der Waals surface area contributed by atoms with E-state index < -0.39 is 19.2 Å². The standard InChI is InChI=1S/C24H25BF2O4/c1-3-5-6-7-8-18-9-11-20(12-10-18)23(31-25(26)27)17-22(28)19-13-15-21(16-14-19)30-24(29)4-2/h4,9-17H,2-3,5-8H2,1H3. The fraction of sp³-hybridized carbons (Fsp3) is 0.250. The van der Waals surface area contributed by atoms with Gasteiger partial charge >= 0.3 is 13.4 Å². The van der Waals surface area contributed by atoms with Gasteiger partial charge in [0.15, 0.2) is 5.78 Å². The minimum absolute atomic E-state index is 0.209. The zero-order chi connectivity index (χ0) is 22.6. The number of aryl methyl sites for hydroxylation is 1. The largest absolute Gasteiger partial charge is 0.796 e. The van der Waals surface area contributed by atoms with E-state index in [9.17, 15) is 18.2 Å². The van der Waals surface area contributed by atoms with Crippen molar-refractivity contribution in [3.8, 4) is 5.75 Å². The number of ketones is 1. The fourth-order valence-corrected chi connectivity index (χ4v) is 2.92. The maximum atomic E-state index is 12.9. The third-order valence-electron chi connectivity index (χ3n) is 4.56. The van der Waals surface area contributed by atoms with Gasteiger partial charge in [-0.15, -0.1) is 0 Å². The maximum Gasteiger partial charge on any atom is 0.796 e. The second-order valence-corrected chi connectivity index (χ2v) is 6.91. The smallest absolute Gasteiger partial charge is 0.505 e. The monoisotopic (exact) mass is 426 g/mol. The van der Waals surface area contributed by atoms with Crippen molar-refractivity contribution in [1.82, 2.24) is 0 Å². The third-order valence-corrected chi connectivity index (χ3v) is 4.56. The van der Waals surface area contributed by atoms with Crippen LogP contribution in [-0.4, -0.2) is 19.2 Å². The zero-order valence-electron chi connectivity index (χ0n) is 17.5. The number of ether oxygens (including phenoxy) is 1. The molecule has 0 aromatic heterocycles. The van der Waals surface area contributed by atoms with Crippen molar-refractivity contribution >= 4 is 25.0 Å². The predicted octanol–water partition coefficient (Wildman–Crippen LogP) is 6.07. The second-order valence-electron chi connectivity index (χ2n) is 6.91. The molecule has 0 fully saturated rings. The Labute approximate surface area is 181 Å². The van der Waals surface area contributed by atoms with Crippen molar-refractivity contribution in [3.05, 3.63) is 84.0 Å². The quantitative estimate of drug-likeness (QED) is 0.0787. The summed E-state index contributed by atoms with van der Waals surface area (Å²) in [7, 11) is -3.06. The molecular formula is C24H25BF2O4. The number of benzene rings is 2. The van der Waals surface area contributed by atoms with Gasteiger partial charge in [-0.3, -0.25) is 4.79 Å². The summed E-state index contributed by atoms with van der Waals surface area (Å²) in [6, 6.07) is 12.8. The molecule has 31 heavy (non-hydrogen) atoms. The number of unbranched alkanes of at least 4 members (excludes halogenated alkanes) is 3. The number of esters is 1. The van der Waals surface area contributed by atoms with E-state index in [2.05, 4.69) is 18.2 Å². The van der Waals surface area contributed by atoms with E-state index in [1.807, 2.05) is 12.1 Å². The molecule has 0 aliphatic heterocycles. The first-order valence-electron chi connectivity index (χ1n) is 10.2. The number of rotatable bonds is 12. The van der Waals surface area contributed by atoms with Crippen LogP contribution in [0.4, 0.5) is 8.63 Å². The van der Waals surface area contributed by atoms with Crippen LogP contribution in [-0.2, 0) is 15.9 Å². The first-order chi connectivity index (χ1) is 14.9. The van der Waals surface area contributed by atoms with E-state index in [1.165, 1.54) is 30.7 Å². The van der Waals surface area contributed by atoms with Crippen LogP contribution in [0.1, 0.15) is 54.1 Å². The van der Waals surface area contributed by atoms with Gasteiger partial charge in [0, 0.05) is 23.3 Å². The lowest BCUT2D eigenvalue weighted by Gasteiger charge is -2.10. The minimum Gasteiger partial charge on any atom is -0.505 e. The molecule has 0 amide bonds. The molecule has 0 atom stereocenters. The number of hydrogen-bond acceptors (Lipinski definition) is 4. The molecule has 0 unspecified atom stereocenters. The maximum absolute atomic E-state index is 12.9. The van der Waals surface area contributed by atoms with Gasteiger partial charge in [-0.2, -0.15) is 0 Å². The molecule has 162 valence electrons. The lowest BCUT2D eigenvalue weighted by atomic mass is 10.0. The van der Waals surface area contributed by atoms with Gasteiger partial charge in [-0.1, -0.05) is 57.0 Å². The SMILES string of the molecule is C=CC(=O)Oc1ccc(C(=O)C=C(OB(F)F)c2ccc(CCCCCC)cc2)cc1. The van der Waals surface area contributed by atoms with Gasteiger partial charge in [0.2, 0.25) is 0 Å². The summed E-state index contributed by atoms with van der Waals surface area (Å²) in [5.74, 6) is -1.11. The predicted molar refractivity (Wildman–Crippen MR) is 118 cm³/mol. The zero-order valence-corrected chi connectivity index (χ0v) is 17.5. The van der Waals surface area contributed by atoms with E-state index in [4.69, 9.17) is 4.74 Å². The molecule has 4 nitrogen and oxygen atoms in total. The van der Waals surface area contributed by atoms with Crippen molar-refractivity contribution in [3.63, 3.8) is 0 Å². The Kier molecular flexibility index (Phi) is 9.68. The normalized spacial score (nSPS) is 11.0. The van der Waals surface area contributed by atoms with Gasteiger partial charge in [0.05, 0.1) is 0 Å². The molecule has 0 aliphatic carbocycles. The van der Waals surface area contributed by atoms with Crippen LogP contribution in [0.5, 0.6) is 5.75 Å². The van der Waals surface area contributed by atoms with Crippen molar-refractivity contribution in [2.75, 3.05) is 0 Å². The molecule has 2 aromatic rings. The summed E-state index contributed by atoms with van der Waals surface area (Å²) in [5.41, 5.74) is 1.73. The molecule has 7 heteroatoms. The van der Waals surface area contributed by atoms with Crippen molar-refractivity contribution in [2.24, 2.45) is 0 Å². The highest BCUT2D eigenvalue weighted by molar-refractivity contribution is 6.36. The summed E-state index contributed by atoms with van der Waals surface area (Å²) in [4.78, 5) is 23.8. The van der Waals surface area contributed by atoms with Crippen LogP contribution in [0.15, 0.2) is 67.3 Å². The van der Waals surface area contributed by atoms with Crippen LogP contribution in [0.2, 0.25) is 0 Å². The highest BCUT2D eigenvalue weighted by atomic mass is 19.2. The van der Waals surface area contributed by atoms with Crippen LogP contribution in [0.25, 0.3) is 5.76 Å². The lowest BCUT2D eigenvalue weighted by Crippen LogP contribution is -2.07. The third kappa shape index (κ3) is 8.20. The highest BCUT2D eigenvalue weighted by Gasteiger charge is 2.21. The number of carbonyl (C=O) groups is 2. The van der Waals surface area contributed by atoms with Crippen molar-refractivity contribution in [1.29, 1.82) is 0 Å². The van der Waals surface area contributed by atoms with Crippen LogP contribution < -0.4 is 4.74 Å². The van der Waals surface area contributed by atoms with E-state index in [0.717, 1.165) is 43.4 Å². The highest BCUT2D eigenvalue weighted by Crippen LogP contribution is 2.21. The van der Waals surface area contributed by atoms with Crippen molar-refractivity contribution in [2.45, 2.75) is 39.0 Å². The molecule has 0 bridgehead atoms.